The minimum absolute atomic E-state index is 0.187. The molecule has 1 unspecified atom stereocenters. The van der Waals surface area contributed by atoms with Gasteiger partial charge >= 0.3 is 0 Å². The standard InChI is InChI=1S/C19H19N3O4S/c20-13-17(15-6-7-18-19(12-15)26-14-25-18)21-8-10-22(11-9-21)27(23,24)16-4-2-1-3-5-16/h1-7,12,17H,8-11,14H2. The molecule has 8 heteroatoms. The van der Waals surface area contributed by atoms with Gasteiger partial charge in [0.25, 0.3) is 0 Å². The number of nitriles is 1. The van der Waals surface area contributed by atoms with Crippen LogP contribution in [0.15, 0.2) is 53.4 Å². The van der Waals surface area contributed by atoms with Crippen LogP contribution in [0.2, 0.25) is 0 Å². The highest BCUT2D eigenvalue weighted by molar-refractivity contribution is 7.89. The van der Waals surface area contributed by atoms with Crippen LogP contribution in [-0.2, 0) is 10.0 Å². The Kier molecular flexibility index (Phi) is 4.74. The largest absolute Gasteiger partial charge is 0.454 e. The highest BCUT2D eigenvalue weighted by atomic mass is 32.2. The minimum atomic E-state index is -3.50. The molecular weight excluding hydrogens is 366 g/mol. The fraction of sp³-hybridized carbons (Fsp3) is 0.316. The molecule has 0 aliphatic carbocycles. The number of rotatable bonds is 4. The molecule has 7 nitrogen and oxygen atoms in total. The van der Waals surface area contributed by atoms with Crippen LogP contribution in [0.4, 0.5) is 0 Å². The second-order valence-corrected chi connectivity index (χ2v) is 8.34. The molecule has 0 saturated carbocycles. The predicted molar refractivity (Wildman–Crippen MR) is 97.7 cm³/mol. The van der Waals surface area contributed by atoms with Gasteiger partial charge in [0.15, 0.2) is 11.5 Å². The number of fused-ring (bicyclic) bond motifs is 1. The number of hydrogen-bond donors (Lipinski definition) is 0. The molecule has 0 N–H and O–H groups in total. The van der Waals surface area contributed by atoms with Crippen molar-refractivity contribution in [1.82, 2.24) is 9.21 Å². The van der Waals surface area contributed by atoms with Crippen LogP contribution in [0.25, 0.3) is 0 Å². The molecule has 0 radical (unpaired) electrons. The van der Waals surface area contributed by atoms with E-state index in [1.807, 2.05) is 17.0 Å². The lowest BCUT2D eigenvalue weighted by atomic mass is 10.1. The van der Waals surface area contributed by atoms with Gasteiger partial charge in [0.2, 0.25) is 16.8 Å². The van der Waals surface area contributed by atoms with Gasteiger partial charge in [-0.3, -0.25) is 4.90 Å². The van der Waals surface area contributed by atoms with E-state index in [1.54, 1.807) is 36.4 Å². The SMILES string of the molecule is N#CC(c1ccc2c(c1)OCO2)N1CCN(S(=O)(=O)c2ccccc2)CC1. The zero-order valence-electron chi connectivity index (χ0n) is 14.6. The summed E-state index contributed by atoms with van der Waals surface area (Å²) in [6.45, 7) is 1.85. The van der Waals surface area contributed by atoms with Crippen LogP contribution >= 0.6 is 0 Å². The van der Waals surface area contributed by atoms with Crippen molar-refractivity contribution >= 4 is 10.0 Å². The Bertz CT molecular complexity index is 964. The molecule has 2 aromatic carbocycles. The average Bonchev–Trinajstić information content (AvgIpc) is 3.18. The van der Waals surface area contributed by atoms with Gasteiger partial charge in [-0.25, -0.2) is 8.42 Å². The summed E-state index contributed by atoms with van der Waals surface area (Å²) in [6.07, 6.45) is 0. The van der Waals surface area contributed by atoms with Crippen molar-refractivity contribution in [3.8, 4) is 17.6 Å². The molecule has 2 heterocycles. The van der Waals surface area contributed by atoms with E-state index in [4.69, 9.17) is 9.47 Å². The first kappa shape index (κ1) is 17.8. The molecule has 27 heavy (non-hydrogen) atoms. The summed E-state index contributed by atoms with van der Waals surface area (Å²) in [6, 6.07) is 15.8. The summed E-state index contributed by atoms with van der Waals surface area (Å²) in [5.74, 6) is 1.31. The van der Waals surface area contributed by atoms with Crippen LogP contribution in [0.3, 0.4) is 0 Å². The third kappa shape index (κ3) is 3.37. The monoisotopic (exact) mass is 385 g/mol. The number of benzene rings is 2. The van der Waals surface area contributed by atoms with E-state index in [0.29, 0.717) is 42.6 Å². The van der Waals surface area contributed by atoms with Gasteiger partial charge in [0.1, 0.15) is 6.04 Å². The molecule has 0 spiro atoms. The average molecular weight is 385 g/mol. The first-order valence-electron chi connectivity index (χ1n) is 8.68. The first-order valence-corrected chi connectivity index (χ1v) is 10.1. The van der Waals surface area contributed by atoms with Crippen molar-refractivity contribution in [2.75, 3.05) is 33.0 Å². The molecule has 140 valence electrons. The third-order valence-corrected chi connectivity index (χ3v) is 6.77. The van der Waals surface area contributed by atoms with Crippen molar-refractivity contribution in [3.63, 3.8) is 0 Å². The van der Waals surface area contributed by atoms with Gasteiger partial charge in [-0.05, 0) is 29.8 Å². The van der Waals surface area contributed by atoms with Crippen LogP contribution < -0.4 is 9.47 Å². The topological polar surface area (TPSA) is 82.9 Å². The van der Waals surface area contributed by atoms with Crippen LogP contribution in [0, 0.1) is 11.3 Å². The molecule has 1 atom stereocenters. The summed E-state index contributed by atoms with van der Waals surface area (Å²) in [7, 11) is -3.50. The lowest BCUT2D eigenvalue weighted by molar-refractivity contribution is 0.162. The van der Waals surface area contributed by atoms with Crippen LogP contribution in [-0.4, -0.2) is 50.6 Å². The van der Waals surface area contributed by atoms with Gasteiger partial charge in [-0.2, -0.15) is 9.57 Å². The van der Waals surface area contributed by atoms with E-state index in [1.165, 1.54) is 4.31 Å². The molecular formula is C19H19N3O4S. The quantitative estimate of drug-likeness (QED) is 0.800. The summed E-state index contributed by atoms with van der Waals surface area (Å²) in [5, 5.41) is 9.69. The summed E-state index contributed by atoms with van der Waals surface area (Å²) in [4.78, 5) is 2.29. The molecule has 0 bridgehead atoms. The van der Waals surface area contributed by atoms with Gasteiger partial charge in [-0.1, -0.05) is 24.3 Å². The summed E-state index contributed by atoms with van der Waals surface area (Å²) < 4.78 is 37.7. The predicted octanol–water partition coefficient (Wildman–Crippen LogP) is 1.99. The number of piperazine rings is 1. The number of sulfonamides is 1. The Hall–Kier alpha value is -2.60. The molecule has 0 amide bonds. The van der Waals surface area contributed by atoms with Crippen molar-refractivity contribution in [2.45, 2.75) is 10.9 Å². The van der Waals surface area contributed by atoms with Gasteiger partial charge in [-0.15, -0.1) is 0 Å². The van der Waals surface area contributed by atoms with E-state index in [-0.39, 0.29) is 6.79 Å². The molecule has 0 aromatic heterocycles. The summed E-state index contributed by atoms with van der Waals surface area (Å²) in [5.41, 5.74) is 0.820. The maximum absolute atomic E-state index is 12.7. The smallest absolute Gasteiger partial charge is 0.243 e. The van der Waals surface area contributed by atoms with Crippen molar-refractivity contribution in [2.24, 2.45) is 0 Å². The van der Waals surface area contributed by atoms with E-state index in [9.17, 15) is 13.7 Å². The van der Waals surface area contributed by atoms with E-state index < -0.39 is 16.1 Å². The Morgan fingerprint density at radius 1 is 0.963 bits per heavy atom. The van der Waals surface area contributed by atoms with Crippen molar-refractivity contribution in [1.29, 1.82) is 5.26 Å². The van der Waals surface area contributed by atoms with Gasteiger partial charge < -0.3 is 9.47 Å². The lowest BCUT2D eigenvalue weighted by Gasteiger charge is -2.36. The Balaban J connectivity index is 1.47. The molecule has 4 rings (SSSR count). The van der Waals surface area contributed by atoms with E-state index in [0.717, 1.165) is 5.56 Å². The second-order valence-electron chi connectivity index (χ2n) is 6.40. The Labute approximate surface area is 158 Å². The zero-order valence-corrected chi connectivity index (χ0v) is 15.4. The molecule has 1 fully saturated rings. The van der Waals surface area contributed by atoms with Gasteiger partial charge in [0.05, 0.1) is 11.0 Å². The lowest BCUT2D eigenvalue weighted by Crippen LogP contribution is -2.49. The molecule has 2 aromatic rings. The number of ether oxygens (including phenoxy) is 2. The van der Waals surface area contributed by atoms with Crippen molar-refractivity contribution < 1.29 is 17.9 Å². The normalized spacial score (nSPS) is 18.8. The fourth-order valence-corrected chi connectivity index (χ4v) is 4.84. The summed E-state index contributed by atoms with van der Waals surface area (Å²) >= 11 is 0. The zero-order chi connectivity index (χ0) is 18.9. The minimum Gasteiger partial charge on any atom is -0.454 e. The molecule has 2 aliphatic heterocycles. The third-order valence-electron chi connectivity index (χ3n) is 4.85. The molecule has 2 aliphatic rings. The highest BCUT2D eigenvalue weighted by Crippen LogP contribution is 2.35. The van der Waals surface area contributed by atoms with Crippen molar-refractivity contribution in [3.05, 3.63) is 54.1 Å². The number of hydrogen-bond acceptors (Lipinski definition) is 6. The van der Waals surface area contributed by atoms with E-state index in [2.05, 4.69) is 6.07 Å². The Morgan fingerprint density at radius 2 is 1.67 bits per heavy atom. The fourth-order valence-electron chi connectivity index (χ4n) is 3.39. The van der Waals surface area contributed by atoms with E-state index >= 15 is 0 Å². The Morgan fingerprint density at radius 3 is 2.37 bits per heavy atom. The highest BCUT2D eigenvalue weighted by Gasteiger charge is 2.32. The van der Waals surface area contributed by atoms with Crippen LogP contribution in [0.1, 0.15) is 11.6 Å². The van der Waals surface area contributed by atoms with Crippen LogP contribution in [0.5, 0.6) is 11.5 Å². The maximum atomic E-state index is 12.7. The van der Waals surface area contributed by atoms with Gasteiger partial charge in [0, 0.05) is 26.2 Å². The number of nitrogens with zero attached hydrogens (tertiary/aromatic N) is 3. The second kappa shape index (κ2) is 7.19. The first-order chi connectivity index (χ1) is 13.1. The molecule has 1 saturated heterocycles. The maximum Gasteiger partial charge on any atom is 0.243 e.